The number of ether oxygens (including phenoxy) is 1. The zero-order valence-electron chi connectivity index (χ0n) is 11.7. The summed E-state index contributed by atoms with van der Waals surface area (Å²) in [6.45, 7) is 3.89. The molecule has 3 nitrogen and oxygen atoms in total. The fourth-order valence-electron chi connectivity index (χ4n) is 2.63. The van der Waals surface area contributed by atoms with Crippen LogP contribution in [0.1, 0.15) is 18.9 Å². The van der Waals surface area contributed by atoms with Gasteiger partial charge in [0.1, 0.15) is 5.75 Å². The van der Waals surface area contributed by atoms with Crippen LogP contribution in [-0.4, -0.2) is 42.1 Å². The third-order valence-electron chi connectivity index (χ3n) is 3.79. The molecule has 1 aliphatic heterocycles. The molecule has 19 heavy (non-hydrogen) atoms. The zero-order valence-corrected chi connectivity index (χ0v) is 13.4. The van der Waals surface area contributed by atoms with Crippen molar-refractivity contribution in [2.45, 2.75) is 18.1 Å². The predicted octanol–water partition coefficient (Wildman–Crippen LogP) is 2.42. The average Bonchev–Trinajstić information content (AvgIpc) is 2.41. The molecule has 1 aromatic rings. The van der Waals surface area contributed by atoms with Crippen molar-refractivity contribution in [3.63, 3.8) is 0 Å². The van der Waals surface area contributed by atoms with Crippen molar-refractivity contribution in [3.8, 4) is 5.75 Å². The molecule has 2 atom stereocenters. The Kier molecular flexibility index (Phi) is 5.83. The quantitative estimate of drug-likeness (QED) is 0.859. The van der Waals surface area contributed by atoms with E-state index < -0.39 is 10.8 Å². The highest BCUT2D eigenvalue weighted by molar-refractivity contribution is 7.86. The molecule has 2 rings (SSSR count). The van der Waals surface area contributed by atoms with E-state index in [2.05, 4.69) is 24.9 Å². The molecule has 0 spiro atoms. The van der Waals surface area contributed by atoms with Crippen LogP contribution in [0.25, 0.3) is 0 Å². The number of hydrogen-bond acceptors (Lipinski definition) is 3. The molecule has 1 fully saturated rings. The summed E-state index contributed by atoms with van der Waals surface area (Å²) in [5.74, 6) is 1.59. The first-order chi connectivity index (χ1) is 8.62. The molecule has 0 N–H and O–H groups in total. The highest BCUT2D eigenvalue weighted by Crippen LogP contribution is 2.36. The van der Waals surface area contributed by atoms with Gasteiger partial charge in [-0.3, -0.25) is 4.21 Å². The van der Waals surface area contributed by atoms with E-state index >= 15 is 0 Å². The summed E-state index contributed by atoms with van der Waals surface area (Å²) in [6, 6.07) is 8.02. The van der Waals surface area contributed by atoms with Gasteiger partial charge in [0.15, 0.2) is 0 Å². The minimum absolute atomic E-state index is 0. The second-order valence-electron chi connectivity index (χ2n) is 4.87. The lowest BCUT2D eigenvalue weighted by Gasteiger charge is -2.40. The molecule has 0 aliphatic carbocycles. The molecule has 0 bridgehead atoms. The normalized spacial score (nSPS) is 27.6. The van der Waals surface area contributed by atoms with Crippen molar-refractivity contribution in [1.29, 1.82) is 0 Å². The summed E-state index contributed by atoms with van der Waals surface area (Å²) in [4.78, 5) is 2.27. The lowest BCUT2D eigenvalue weighted by atomic mass is 9.94. The van der Waals surface area contributed by atoms with E-state index in [0.29, 0.717) is 0 Å². The van der Waals surface area contributed by atoms with Gasteiger partial charge in [-0.2, -0.15) is 0 Å². The van der Waals surface area contributed by atoms with Gasteiger partial charge in [-0.1, -0.05) is 19.1 Å². The van der Waals surface area contributed by atoms with Crippen molar-refractivity contribution in [1.82, 2.24) is 4.90 Å². The van der Waals surface area contributed by atoms with Gasteiger partial charge >= 0.3 is 0 Å². The number of likely N-dealkylation sites (N-methyl/N-ethyl adjacent to an activating group) is 1. The lowest BCUT2D eigenvalue weighted by Crippen LogP contribution is -2.49. The number of methoxy groups -OCH3 is 1. The number of rotatable bonds is 3. The van der Waals surface area contributed by atoms with Gasteiger partial charge in [-0.15, -0.1) is 12.4 Å². The van der Waals surface area contributed by atoms with Gasteiger partial charge < -0.3 is 9.64 Å². The van der Waals surface area contributed by atoms with Crippen LogP contribution in [0.2, 0.25) is 0 Å². The van der Waals surface area contributed by atoms with Crippen LogP contribution in [0.3, 0.4) is 0 Å². The van der Waals surface area contributed by atoms with Crippen LogP contribution in [0.4, 0.5) is 0 Å². The Morgan fingerprint density at radius 1 is 1.47 bits per heavy atom. The first kappa shape index (κ1) is 16.5. The summed E-state index contributed by atoms with van der Waals surface area (Å²) in [5, 5.41) is 0. The van der Waals surface area contributed by atoms with Crippen molar-refractivity contribution >= 4 is 23.2 Å². The predicted molar refractivity (Wildman–Crippen MR) is 82.7 cm³/mol. The number of hydrogen-bond donors (Lipinski definition) is 0. The Balaban J connectivity index is 0.00000180. The maximum absolute atomic E-state index is 12.5. The standard InChI is InChI=1S/C14H21NO2S.ClH/c1-4-14(11-15(2)8-9-18(14)16)12-6-5-7-13(10-12)17-3;/h5-7,10H,4,8-9,11H2,1-3H3;1H/t14-,18?;/m1./s1. The summed E-state index contributed by atoms with van der Waals surface area (Å²) < 4.78 is 17.6. The highest BCUT2D eigenvalue weighted by atomic mass is 35.5. The van der Waals surface area contributed by atoms with Gasteiger partial charge in [0, 0.05) is 29.6 Å². The molecule has 1 aliphatic rings. The number of benzene rings is 1. The smallest absolute Gasteiger partial charge is 0.119 e. The maximum Gasteiger partial charge on any atom is 0.119 e. The van der Waals surface area contributed by atoms with Gasteiger partial charge in [-0.25, -0.2) is 0 Å². The highest BCUT2D eigenvalue weighted by Gasteiger charge is 2.41. The zero-order chi connectivity index (χ0) is 13.2. The molecule has 5 heteroatoms. The van der Waals surface area contributed by atoms with Crippen LogP contribution in [-0.2, 0) is 15.5 Å². The number of halogens is 1. The van der Waals surface area contributed by atoms with Gasteiger partial charge in [0.2, 0.25) is 0 Å². The van der Waals surface area contributed by atoms with Crippen LogP contribution in [0.5, 0.6) is 5.75 Å². The summed E-state index contributed by atoms with van der Waals surface area (Å²) in [5.41, 5.74) is 1.13. The summed E-state index contributed by atoms with van der Waals surface area (Å²) >= 11 is 0. The first-order valence-electron chi connectivity index (χ1n) is 6.34. The monoisotopic (exact) mass is 303 g/mol. The Morgan fingerprint density at radius 2 is 2.21 bits per heavy atom. The van der Waals surface area contributed by atoms with E-state index in [9.17, 15) is 4.21 Å². The average molecular weight is 304 g/mol. The summed E-state index contributed by atoms with van der Waals surface area (Å²) in [6.07, 6.45) is 0.886. The van der Waals surface area contributed by atoms with E-state index in [0.717, 1.165) is 36.6 Å². The van der Waals surface area contributed by atoms with Crippen molar-refractivity contribution in [2.75, 3.05) is 33.0 Å². The molecule has 1 saturated heterocycles. The molecular formula is C14H22ClNO2S. The van der Waals surface area contributed by atoms with E-state index in [1.807, 2.05) is 18.2 Å². The minimum atomic E-state index is -0.816. The van der Waals surface area contributed by atoms with Gasteiger partial charge in [-0.05, 0) is 31.2 Å². The lowest BCUT2D eigenvalue weighted by molar-refractivity contribution is 0.287. The molecule has 0 saturated carbocycles. The molecule has 1 heterocycles. The Labute approximate surface area is 124 Å². The van der Waals surface area contributed by atoms with Crippen molar-refractivity contribution in [2.24, 2.45) is 0 Å². The minimum Gasteiger partial charge on any atom is -0.497 e. The number of nitrogens with zero attached hydrogens (tertiary/aromatic N) is 1. The van der Waals surface area contributed by atoms with Crippen LogP contribution in [0, 0.1) is 0 Å². The van der Waals surface area contributed by atoms with E-state index in [1.54, 1.807) is 7.11 Å². The fraction of sp³-hybridized carbons (Fsp3) is 0.571. The largest absolute Gasteiger partial charge is 0.497 e. The molecular weight excluding hydrogens is 282 g/mol. The Hall–Kier alpha value is -0.580. The molecule has 1 aromatic carbocycles. The van der Waals surface area contributed by atoms with E-state index in [4.69, 9.17) is 4.74 Å². The second kappa shape index (κ2) is 6.73. The fourth-order valence-corrected chi connectivity index (χ4v) is 4.57. The third kappa shape index (κ3) is 3.12. The van der Waals surface area contributed by atoms with Gasteiger partial charge in [0.05, 0.1) is 11.9 Å². The van der Waals surface area contributed by atoms with Crippen LogP contribution >= 0.6 is 12.4 Å². The second-order valence-corrected chi connectivity index (χ2v) is 6.75. The van der Waals surface area contributed by atoms with Gasteiger partial charge in [0.25, 0.3) is 0 Å². The Bertz CT molecular complexity index is 455. The van der Waals surface area contributed by atoms with E-state index in [-0.39, 0.29) is 17.2 Å². The Morgan fingerprint density at radius 3 is 2.84 bits per heavy atom. The molecule has 0 aromatic heterocycles. The third-order valence-corrected chi connectivity index (χ3v) is 5.86. The van der Waals surface area contributed by atoms with Crippen LogP contribution in [0.15, 0.2) is 24.3 Å². The SMILES string of the molecule is CC[C@]1(c2cccc(OC)c2)CN(C)CCS1=O.Cl. The molecule has 1 unspecified atom stereocenters. The molecule has 0 amide bonds. The van der Waals surface area contributed by atoms with Crippen LogP contribution < -0.4 is 4.74 Å². The first-order valence-corrected chi connectivity index (χ1v) is 7.66. The van der Waals surface area contributed by atoms with E-state index in [1.165, 1.54) is 0 Å². The summed E-state index contributed by atoms with van der Waals surface area (Å²) in [7, 11) is 2.95. The molecule has 0 radical (unpaired) electrons. The van der Waals surface area contributed by atoms with Crippen molar-refractivity contribution < 1.29 is 8.95 Å². The maximum atomic E-state index is 12.5. The molecule has 108 valence electrons. The topological polar surface area (TPSA) is 29.5 Å². The van der Waals surface area contributed by atoms with Crippen molar-refractivity contribution in [3.05, 3.63) is 29.8 Å².